The Morgan fingerprint density at radius 1 is 1.44 bits per heavy atom. The van der Waals surface area contributed by atoms with Gasteiger partial charge in [-0.1, -0.05) is 6.92 Å². The highest BCUT2D eigenvalue weighted by molar-refractivity contribution is 5.24. The van der Waals surface area contributed by atoms with Gasteiger partial charge in [0.1, 0.15) is 5.54 Å². The largest absolute Gasteiger partial charge is 0.296 e. The van der Waals surface area contributed by atoms with Crippen LogP contribution in [0.3, 0.4) is 0 Å². The van der Waals surface area contributed by atoms with Gasteiger partial charge in [-0.25, -0.2) is 0 Å². The van der Waals surface area contributed by atoms with Gasteiger partial charge in [-0.3, -0.25) is 10.00 Å². The zero-order valence-electron chi connectivity index (χ0n) is 12.3. The standard InChI is InChI=1S/C14H24N4/c1-7-13-11(4)17-18(12(13)5)9-14(6,8-15)16-10(2)3/h10,16H,7,9H2,1-6H3. The average Bonchev–Trinajstić information content (AvgIpc) is 2.52. The van der Waals surface area contributed by atoms with E-state index in [0.717, 1.165) is 12.1 Å². The van der Waals surface area contributed by atoms with E-state index in [0.29, 0.717) is 6.54 Å². The maximum atomic E-state index is 9.37. The second-order valence-electron chi connectivity index (χ2n) is 5.40. The summed E-state index contributed by atoms with van der Waals surface area (Å²) in [5.41, 5.74) is 2.95. The molecule has 0 aliphatic rings. The van der Waals surface area contributed by atoms with E-state index in [1.165, 1.54) is 11.3 Å². The Hall–Kier alpha value is -1.34. The van der Waals surface area contributed by atoms with Gasteiger partial charge in [0.15, 0.2) is 0 Å². The summed E-state index contributed by atoms with van der Waals surface area (Å²) in [7, 11) is 0. The van der Waals surface area contributed by atoms with Gasteiger partial charge in [0, 0.05) is 11.7 Å². The number of aryl methyl sites for hydroxylation is 1. The lowest BCUT2D eigenvalue weighted by Crippen LogP contribution is -2.48. The lowest BCUT2D eigenvalue weighted by molar-refractivity contribution is 0.340. The third-order valence-corrected chi connectivity index (χ3v) is 3.20. The second-order valence-corrected chi connectivity index (χ2v) is 5.40. The molecule has 4 nitrogen and oxygen atoms in total. The van der Waals surface area contributed by atoms with Crippen LogP contribution in [-0.4, -0.2) is 21.4 Å². The summed E-state index contributed by atoms with van der Waals surface area (Å²) < 4.78 is 1.95. The van der Waals surface area contributed by atoms with Crippen molar-refractivity contribution in [3.05, 3.63) is 17.0 Å². The van der Waals surface area contributed by atoms with Crippen molar-refractivity contribution in [3.8, 4) is 6.07 Å². The van der Waals surface area contributed by atoms with Gasteiger partial charge in [-0.05, 0) is 46.6 Å². The first kappa shape index (κ1) is 14.7. The van der Waals surface area contributed by atoms with E-state index in [4.69, 9.17) is 0 Å². The zero-order chi connectivity index (χ0) is 13.9. The smallest absolute Gasteiger partial charge is 0.123 e. The predicted octanol–water partition coefficient (Wildman–Crippen LogP) is 2.34. The van der Waals surface area contributed by atoms with Crippen LogP contribution in [-0.2, 0) is 13.0 Å². The molecule has 4 heteroatoms. The van der Waals surface area contributed by atoms with E-state index >= 15 is 0 Å². The Morgan fingerprint density at radius 2 is 2.06 bits per heavy atom. The van der Waals surface area contributed by atoms with Gasteiger partial charge in [0.2, 0.25) is 0 Å². The Morgan fingerprint density at radius 3 is 2.44 bits per heavy atom. The Labute approximate surface area is 110 Å². The van der Waals surface area contributed by atoms with E-state index < -0.39 is 5.54 Å². The topological polar surface area (TPSA) is 53.6 Å². The average molecular weight is 248 g/mol. The summed E-state index contributed by atoms with van der Waals surface area (Å²) in [6.07, 6.45) is 0.985. The monoisotopic (exact) mass is 248 g/mol. The van der Waals surface area contributed by atoms with Crippen LogP contribution in [0.15, 0.2) is 0 Å². The normalized spacial score (nSPS) is 14.6. The van der Waals surface area contributed by atoms with Crippen molar-refractivity contribution in [1.82, 2.24) is 15.1 Å². The minimum atomic E-state index is -0.581. The highest BCUT2D eigenvalue weighted by atomic mass is 15.3. The van der Waals surface area contributed by atoms with Gasteiger partial charge >= 0.3 is 0 Å². The first-order chi connectivity index (χ1) is 8.33. The predicted molar refractivity (Wildman–Crippen MR) is 73.4 cm³/mol. The number of nitrogens with one attached hydrogen (secondary N) is 1. The number of hydrogen-bond donors (Lipinski definition) is 1. The molecule has 18 heavy (non-hydrogen) atoms. The zero-order valence-corrected chi connectivity index (χ0v) is 12.3. The molecule has 0 aliphatic heterocycles. The van der Waals surface area contributed by atoms with Crippen LogP contribution >= 0.6 is 0 Å². The van der Waals surface area contributed by atoms with E-state index in [2.05, 4.69) is 30.3 Å². The summed E-state index contributed by atoms with van der Waals surface area (Å²) >= 11 is 0. The number of aromatic nitrogens is 2. The lowest BCUT2D eigenvalue weighted by Gasteiger charge is -2.26. The van der Waals surface area contributed by atoms with Crippen LogP contribution < -0.4 is 5.32 Å². The summed E-state index contributed by atoms with van der Waals surface area (Å²) in [6.45, 7) is 12.8. The van der Waals surface area contributed by atoms with Crippen molar-refractivity contribution in [3.63, 3.8) is 0 Å². The van der Waals surface area contributed by atoms with Gasteiger partial charge < -0.3 is 0 Å². The van der Waals surface area contributed by atoms with Crippen molar-refractivity contribution < 1.29 is 0 Å². The van der Waals surface area contributed by atoms with Crippen molar-refractivity contribution in [2.24, 2.45) is 0 Å². The van der Waals surface area contributed by atoms with Gasteiger partial charge in [-0.2, -0.15) is 10.4 Å². The highest BCUT2D eigenvalue weighted by Gasteiger charge is 2.26. The highest BCUT2D eigenvalue weighted by Crippen LogP contribution is 2.16. The quantitative estimate of drug-likeness (QED) is 0.870. The molecule has 0 bridgehead atoms. The fraction of sp³-hybridized carbons (Fsp3) is 0.714. The SMILES string of the molecule is CCc1c(C)nn(CC(C)(C#N)NC(C)C)c1C. The van der Waals surface area contributed by atoms with E-state index in [-0.39, 0.29) is 6.04 Å². The van der Waals surface area contributed by atoms with Crippen LogP contribution in [0.2, 0.25) is 0 Å². The molecule has 1 heterocycles. The maximum absolute atomic E-state index is 9.37. The van der Waals surface area contributed by atoms with Gasteiger partial charge in [0.25, 0.3) is 0 Å². The first-order valence-electron chi connectivity index (χ1n) is 6.54. The minimum absolute atomic E-state index is 0.275. The second kappa shape index (κ2) is 5.53. The molecule has 0 saturated carbocycles. The molecular formula is C14H24N4. The molecule has 100 valence electrons. The van der Waals surface area contributed by atoms with Crippen molar-refractivity contribution in [1.29, 1.82) is 5.26 Å². The molecule has 0 radical (unpaired) electrons. The van der Waals surface area contributed by atoms with Crippen LogP contribution in [0.25, 0.3) is 0 Å². The number of nitriles is 1. The molecule has 1 rings (SSSR count). The van der Waals surface area contributed by atoms with Gasteiger partial charge in [0.05, 0.1) is 18.3 Å². The molecule has 1 aromatic rings. The fourth-order valence-corrected chi connectivity index (χ4v) is 2.45. The molecule has 0 amide bonds. The summed E-state index contributed by atoms with van der Waals surface area (Å²) in [5.74, 6) is 0. The van der Waals surface area contributed by atoms with Crippen molar-refractivity contribution in [2.45, 2.75) is 66.1 Å². The molecule has 1 atom stereocenters. The molecule has 0 spiro atoms. The third-order valence-electron chi connectivity index (χ3n) is 3.20. The summed E-state index contributed by atoms with van der Waals surface area (Å²) in [5, 5.41) is 17.2. The molecular weight excluding hydrogens is 224 g/mol. The number of rotatable bonds is 5. The van der Waals surface area contributed by atoms with Gasteiger partial charge in [-0.15, -0.1) is 0 Å². The molecule has 1 unspecified atom stereocenters. The maximum Gasteiger partial charge on any atom is 0.123 e. The molecule has 0 aliphatic carbocycles. The fourth-order valence-electron chi connectivity index (χ4n) is 2.45. The molecule has 1 aromatic heterocycles. The van der Waals surface area contributed by atoms with Crippen molar-refractivity contribution in [2.75, 3.05) is 0 Å². The first-order valence-corrected chi connectivity index (χ1v) is 6.54. The van der Waals surface area contributed by atoms with E-state index in [1.54, 1.807) is 0 Å². The molecule has 1 N–H and O–H groups in total. The minimum Gasteiger partial charge on any atom is -0.296 e. The molecule has 0 fully saturated rings. The molecule has 0 saturated heterocycles. The van der Waals surface area contributed by atoms with Crippen LogP contribution in [0.4, 0.5) is 0 Å². The Bertz CT molecular complexity index is 453. The van der Waals surface area contributed by atoms with Crippen molar-refractivity contribution >= 4 is 0 Å². The van der Waals surface area contributed by atoms with E-state index in [9.17, 15) is 5.26 Å². The Kier molecular flexibility index (Phi) is 4.53. The van der Waals surface area contributed by atoms with Crippen LogP contribution in [0.5, 0.6) is 0 Å². The van der Waals surface area contributed by atoms with Crippen LogP contribution in [0, 0.1) is 25.2 Å². The molecule has 0 aromatic carbocycles. The third kappa shape index (κ3) is 3.11. The lowest BCUT2D eigenvalue weighted by atomic mass is 10.0. The number of hydrogen-bond acceptors (Lipinski definition) is 3. The number of nitrogens with zero attached hydrogens (tertiary/aromatic N) is 3. The summed E-state index contributed by atoms with van der Waals surface area (Å²) in [6, 6.07) is 2.64. The summed E-state index contributed by atoms with van der Waals surface area (Å²) in [4.78, 5) is 0. The van der Waals surface area contributed by atoms with E-state index in [1.807, 2.05) is 32.4 Å². The van der Waals surface area contributed by atoms with Crippen LogP contribution in [0.1, 0.15) is 44.6 Å². The Balaban J connectivity index is 3.00.